The summed E-state index contributed by atoms with van der Waals surface area (Å²) in [6, 6.07) is 7.85. The van der Waals surface area contributed by atoms with Crippen LogP contribution in [-0.4, -0.2) is 70.6 Å². The molecule has 0 radical (unpaired) electrons. The zero-order valence-corrected chi connectivity index (χ0v) is 18.5. The van der Waals surface area contributed by atoms with Gasteiger partial charge in [0.25, 0.3) is 0 Å². The molecule has 9 nitrogen and oxygen atoms in total. The number of piperazine rings is 1. The van der Waals surface area contributed by atoms with E-state index in [0.717, 1.165) is 49.7 Å². The molecule has 1 aromatic heterocycles. The van der Waals surface area contributed by atoms with Gasteiger partial charge < -0.3 is 25.5 Å². The van der Waals surface area contributed by atoms with Gasteiger partial charge in [0.05, 0.1) is 13.2 Å². The van der Waals surface area contributed by atoms with E-state index in [-0.39, 0.29) is 6.61 Å². The number of anilines is 3. The number of aliphatic hydroxyl groups excluding tert-OH is 1. The lowest BCUT2D eigenvalue weighted by Gasteiger charge is -2.32. The fraction of sp³-hybridized carbons (Fsp3) is 0.478. The summed E-state index contributed by atoms with van der Waals surface area (Å²) >= 11 is 0. The van der Waals surface area contributed by atoms with Crippen molar-refractivity contribution in [3.8, 4) is 0 Å². The smallest absolute Gasteiger partial charge is 0.234 e. The molecular formula is C23H30N8O. The molecule has 5 rings (SSSR count). The van der Waals surface area contributed by atoms with E-state index < -0.39 is 0 Å². The summed E-state index contributed by atoms with van der Waals surface area (Å²) in [6.07, 6.45) is 4.70. The molecule has 0 atom stereocenters. The van der Waals surface area contributed by atoms with Crippen molar-refractivity contribution in [3.05, 3.63) is 47.0 Å². The minimum atomic E-state index is 0.0470. The van der Waals surface area contributed by atoms with Gasteiger partial charge in [-0.25, -0.2) is 0 Å². The second kappa shape index (κ2) is 9.22. The van der Waals surface area contributed by atoms with E-state index >= 15 is 0 Å². The number of hydrogen-bond acceptors (Lipinski definition) is 9. The van der Waals surface area contributed by atoms with Crippen LogP contribution in [-0.2, 0) is 13.2 Å². The Kier molecular flexibility index (Phi) is 6.00. The molecule has 9 heteroatoms. The Hall–Kier alpha value is -3.04. The molecule has 2 aromatic rings. The lowest BCUT2D eigenvalue weighted by molar-refractivity contribution is 0.282. The number of aromatic nitrogens is 3. The molecule has 1 saturated heterocycles. The molecule has 168 valence electrons. The van der Waals surface area contributed by atoms with Crippen molar-refractivity contribution in [2.75, 3.05) is 55.3 Å². The summed E-state index contributed by atoms with van der Waals surface area (Å²) in [6.45, 7) is 5.14. The van der Waals surface area contributed by atoms with Gasteiger partial charge in [0.15, 0.2) is 0 Å². The largest absolute Gasteiger partial charge is 0.392 e. The first-order valence-electron chi connectivity index (χ1n) is 11.3. The minimum absolute atomic E-state index is 0.0470. The first kappa shape index (κ1) is 20.8. The second-order valence-electron chi connectivity index (χ2n) is 8.72. The van der Waals surface area contributed by atoms with E-state index in [4.69, 9.17) is 9.97 Å². The quantitative estimate of drug-likeness (QED) is 0.607. The Balaban J connectivity index is 1.33. The average Bonchev–Trinajstić information content (AvgIpc) is 3.57. The van der Waals surface area contributed by atoms with Gasteiger partial charge in [-0.05, 0) is 48.6 Å². The summed E-state index contributed by atoms with van der Waals surface area (Å²) in [5, 5.41) is 15.9. The monoisotopic (exact) mass is 434 g/mol. The van der Waals surface area contributed by atoms with Crippen LogP contribution in [0.5, 0.6) is 0 Å². The standard InChI is InChI=1S/C23H30N8O/c1-30-8-10-31(11-9-30)23-28-21(25-13-16-2-4-17(15-32)5-3-16)27-22(29-23)26-20-12-19(14-24-20)18-6-7-18/h2-5,12,18,32H,6-11,13-15H2,1H3,(H2,24,25,26,27,28,29). The number of rotatable bonds is 7. The number of nitrogens with zero attached hydrogens (tertiary/aromatic N) is 6. The van der Waals surface area contributed by atoms with Crippen molar-refractivity contribution < 1.29 is 5.11 Å². The molecule has 2 fully saturated rings. The van der Waals surface area contributed by atoms with Gasteiger partial charge in [-0.1, -0.05) is 24.3 Å². The molecule has 0 spiro atoms. The summed E-state index contributed by atoms with van der Waals surface area (Å²) in [7, 11) is 2.13. The normalized spacial score (nSPS) is 19.0. The third kappa shape index (κ3) is 5.05. The van der Waals surface area contributed by atoms with E-state index in [1.165, 1.54) is 18.4 Å². The van der Waals surface area contributed by atoms with Gasteiger partial charge in [0, 0.05) is 32.7 Å². The van der Waals surface area contributed by atoms with Crippen molar-refractivity contribution in [2.45, 2.75) is 26.0 Å². The number of nitrogens with one attached hydrogen (secondary N) is 2. The van der Waals surface area contributed by atoms with Crippen molar-refractivity contribution in [3.63, 3.8) is 0 Å². The van der Waals surface area contributed by atoms with Crippen LogP contribution in [0.15, 0.2) is 40.9 Å². The first-order chi connectivity index (χ1) is 15.7. The van der Waals surface area contributed by atoms with Crippen molar-refractivity contribution in [2.24, 2.45) is 10.9 Å². The predicted molar refractivity (Wildman–Crippen MR) is 126 cm³/mol. The Bertz CT molecular complexity index is 1010. The van der Waals surface area contributed by atoms with Gasteiger partial charge in [-0.2, -0.15) is 15.0 Å². The predicted octanol–water partition coefficient (Wildman–Crippen LogP) is 1.89. The third-order valence-electron chi connectivity index (χ3n) is 6.16. The van der Waals surface area contributed by atoms with Crippen LogP contribution in [0.1, 0.15) is 24.0 Å². The molecule has 2 aliphatic heterocycles. The number of aliphatic hydroxyl groups is 1. The van der Waals surface area contributed by atoms with Crippen LogP contribution in [0.25, 0.3) is 0 Å². The number of amidine groups is 1. The van der Waals surface area contributed by atoms with Crippen LogP contribution in [0.3, 0.4) is 0 Å². The van der Waals surface area contributed by atoms with E-state index in [0.29, 0.717) is 30.3 Å². The summed E-state index contributed by atoms with van der Waals surface area (Å²) < 4.78 is 0. The Labute approximate surface area is 188 Å². The lowest BCUT2D eigenvalue weighted by atomic mass is 10.1. The maximum atomic E-state index is 9.23. The molecule has 3 heterocycles. The van der Waals surface area contributed by atoms with Gasteiger partial charge in [0.2, 0.25) is 17.8 Å². The number of likely N-dealkylation sites (N-methyl/N-ethyl adjacent to an activating group) is 1. The van der Waals surface area contributed by atoms with Crippen LogP contribution in [0.2, 0.25) is 0 Å². The van der Waals surface area contributed by atoms with Gasteiger partial charge >= 0.3 is 0 Å². The van der Waals surface area contributed by atoms with Gasteiger partial charge in [0.1, 0.15) is 5.84 Å². The van der Waals surface area contributed by atoms with Crippen LogP contribution in [0.4, 0.5) is 17.8 Å². The number of aliphatic imine (C=N–C) groups is 1. The number of hydrogen-bond donors (Lipinski definition) is 3. The van der Waals surface area contributed by atoms with Crippen LogP contribution in [0, 0.1) is 5.92 Å². The first-order valence-corrected chi connectivity index (χ1v) is 11.3. The summed E-state index contributed by atoms with van der Waals surface area (Å²) in [5.74, 6) is 3.27. The molecule has 32 heavy (non-hydrogen) atoms. The Morgan fingerprint density at radius 2 is 1.69 bits per heavy atom. The van der Waals surface area contributed by atoms with E-state index in [1.807, 2.05) is 24.3 Å². The average molecular weight is 435 g/mol. The SMILES string of the molecule is CN1CCN(c2nc(NCc3ccc(CO)cc3)nc(NC3=NCC(C4CC4)=C3)n2)CC1. The van der Waals surface area contributed by atoms with Crippen molar-refractivity contribution >= 4 is 23.7 Å². The third-order valence-corrected chi connectivity index (χ3v) is 6.16. The van der Waals surface area contributed by atoms with Crippen LogP contribution >= 0.6 is 0 Å². The van der Waals surface area contributed by atoms with Crippen molar-refractivity contribution in [1.82, 2.24) is 19.9 Å². The van der Waals surface area contributed by atoms with Crippen molar-refractivity contribution in [1.29, 1.82) is 0 Å². The molecule has 0 unspecified atom stereocenters. The Morgan fingerprint density at radius 3 is 2.41 bits per heavy atom. The summed E-state index contributed by atoms with van der Waals surface area (Å²) in [5.41, 5.74) is 3.40. The van der Waals surface area contributed by atoms with E-state index in [2.05, 4.69) is 43.5 Å². The molecule has 1 saturated carbocycles. The highest BCUT2D eigenvalue weighted by Crippen LogP contribution is 2.37. The molecule has 0 bridgehead atoms. The second-order valence-corrected chi connectivity index (χ2v) is 8.72. The maximum Gasteiger partial charge on any atom is 0.234 e. The fourth-order valence-electron chi connectivity index (χ4n) is 3.93. The highest BCUT2D eigenvalue weighted by atomic mass is 16.3. The van der Waals surface area contributed by atoms with Gasteiger partial charge in [-0.15, -0.1) is 0 Å². The molecule has 3 aliphatic rings. The Morgan fingerprint density at radius 1 is 0.969 bits per heavy atom. The van der Waals surface area contributed by atoms with E-state index in [1.54, 1.807) is 0 Å². The zero-order chi connectivity index (χ0) is 21.9. The highest BCUT2D eigenvalue weighted by Gasteiger charge is 2.28. The minimum Gasteiger partial charge on any atom is -0.392 e. The summed E-state index contributed by atoms with van der Waals surface area (Å²) in [4.78, 5) is 23.1. The fourth-order valence-corrected chi connectivity index (χ4v) is 3.93. The molecular weight excluding hydrogens is 404 g/mol. The maximum absolute atomic E-state index is 9.23. The lowest BCUT2D eigenvalue weighted by Crippen LogP contribution is -2.45. The zero-order valence-electron chi connectivity index (χ0n) is 18.5. The van der Waals surface area contributed by atoms with Gasteiger partial charge in [-0.3, -0.25) is 4.99 Å². The molecule has 1 aliphatic carbocycles. The van der Waals surface area contributed by atoms with Crippen LogP contribution < -0.4 is 15.5 Å². The van der Waals surface area contributed by atoms with E-state index in [9.17, 15) is 5.11 Å². The number of benzene rings is 1. The highest BCUT2D eigenvalue weighted by molar-refractivity contribution is 6.05. The molecule has 3 N–H and O–H groups in total. The topological polar surface area (TPSA) is 102 Å². The molecule has 1 aromatic carbocycles. The molecule has 0 amide bonds.